The van der Waals surface area contributed by atoms with E-state index < -0.39 is 0 Å². The van der Waals surface area contributed by atoms with Gasteiger partial charge in [0.2, 0.25) is 0 Å². The predicted molar refractivity (Wildman–Crippen MR) is 53.4 cm³/mol. The molecule has 0 saturated heterocycles. The van der Waals surface area contributed by atoms with E-state index in [4.69, 9.17) is 0 Å². The van der Waals surface area contributed by atoms with E-state index in [1.165, 1.54) is 19.3 Å². The first-order valence-corrected chi connectivity index (χ1v) is 5.70. The Morgan fingerprint density at radius 3 is 2.69 bits per heavy atom. The molecule has 1 nitrogen and oxygen atoms in total. The molecule has 74 valence electrons. The molecule has 2 unspecified atom stereocenters. The topological polar surface area (TPSA) is 17.1 Å². The summed E-state index contributed by atoms with van der Waals surface area (Å²) in [5.41, 5.74) is 0. The van der Waals surface area contributed by atoms with Crippen LogP contribution >= 0.6 is 0 Å². The molecule has 2 rings (SSSR count). The number of ketones is 1. The van der Waals surface area contributed by atoms with Gasteiger partial charge in [0, 0.05) is 12.8 Å². The maximum Gasteiger partial charge on any atom is 0.133 e. The van der Waals surface area contributed by atoms with Gasteiger partial charge < -0.3 is 0 Å². The number of Topliss-reactive ketones (excluding diaryl/α,β-unsaturated/α-hetero) is 1. The SMILES string of the molecule is CC1CC[C@H]2CC(=O)CC[C@@H]2C1C. The molecular weight excluding hydrogens is 160 g/mol. The molecule has 2 fully saturated rings. The fraction of sp³-hybridized carbons (Fsp3) is 0.917. The maximum absolute atomic E-state index is 11.3. The van der Waals surface area contributed by atoms with E-state index in [9.17, 15) is 4.79 Å². The number of carbonyl (C=O) groups excluding carboxylic acids is 1. The highest BCUT2D eigenvalue weighted by Gasteiger charge is 2.38. The lowest BCUT2D eigenvalue weighted by Crippen LogP contribution is -2.36. The van der Waals surface area contributed by atoms with E-state index >= 15 is 0 Å². The van der Waals surface area contributed by atoms with Gasteiger partial charge in [0.15, 0.2) is 0 Å². The Bertz CT molecular complexity index is 209. The van der Waals surface area contributed by atoms with E-state index in [1.54, 1.807) is 0 Å². The zero-order chi connectivity index (χ0) is 9.42. The standard InChI is InChI=1S/C12H20O/c1-8-3-4-10-7-11(13)5-6-12(10)9(8)2/h8-10,12H,3-7H2,1-2H3/t8?,9?,10-,12+/m0/s1. The summed E-state index contributed by atoms with van der Waals surface area (Å²) < 4.78 is 0. The molecule has 0 spiro atoms. The largest absolute Gasteiger partial charge is 0.300 e. The minimum atomic E-state index is 0.517. The molecule has 0 radical (unpaired) electrons. The average molecular weight is 180 g/mol. The van der Waals surface area contributed by atoms with E-state index in [2.05, 4.69) is 13.8 Å². The van der Waals surface area contributed by atoms with Crippen LogP contribution in [0.2, 0.25) is 0 Å². The van der Waals surface area contributed by atoms with Gasteiger partial charge >= 0.3 is 0 Å². The summed E-state index contributed by atoms with van der Waals surface area (Å²) in [7, 11) is 0. The monoisotopic (exact) mass is 180 g/mol. The summed E-state index contributed by atoms with van der Waals surface area (Å²) in [4.78, 5) is 11.3. The maximum atomic E-state index is 11.3. The lowest BCUT2D eigenvalue weighted by Gasteiger charge is -2.42. The van der Waals surface area contributed by atoms with Crippen LogP contribution in [0.4, 0.5) is 0 Å². The Kier molecular flexibility index (Phi) is 2.44. The van der Waals surface area contributed by atoms with Gasteiger partial charge in [0.25, 0.3) is 0 Å². The second-order valence-corrected chi connectivity index (χ2v) is 5.12. The van der Waals surface area contributed by atoms with E-state index in [-0.39, 0.29) is 0 Å². The first kappa shape index (κ1) is 9.23. The van der Waals surface area contributed by atoms with Crippen LogP contribution in [0, 0.1) is 23.7 Å². The summed E-state index contributed by atoms with van der Waals surface area (Å²) >= 11 is 0. The molecule has 0 amide bonds. The minimum Gasteiger partial charge on any atom is -0.300 e. The molecule has 13 heavy (non-hydrogen) atoms. The van der Waals surface area contributed by atoms with E-state index in [1.807, 2.05) is 0 Å². The predicted octanol–water partition coefficient (Wildman–Crippen LogP) is 3.04. The molecule has 1 heteroatoms. The number of carbonyl (C=O) groups is 1. The summed E-state index contributed by atoms with van der Waals surface area (Å²) in [6.45, 7) is 4.76. The van der Waals surface area contributed by atoms with Crippen LogP contribution in [-0.4, -0.2) is 5.78 Å². The highest BCUT2D eigenvalue weighted by molar-refractivity contribution is 5.79. The smallest absolute Gasteiger partial charge is 0.133 e. The van der Waals surface area contributed by atoms with Gasteiger partial charge in [-0.25, -0.2) is 0 Å². The Hall–Kier alpha value is -0.330. The fourth-order valence-corrected chi connectivity index (χ4v) is 3.28. The van der Waals surface area contributed by atoms with Gasteiger partial charge in [-0.05, 0) is 36.5 Å². The van der Waals surface area contributed by atoms with Crippen molar-refractivity contribution in [2.24, 2.45) is 23.7 Å². The van der Waals surface area contributed by atoms with Gasteiger partial charge in [0.1, 0.15) is 5.78 Å². The molecule has 0 bridgehead atoms. The van der Waals surface area contributed by atoms with Crippen molar-refractivity contribution in [2.75, 3.05) is 0 Å². The molecular formula is C12H20O. The molecule has 0 aliphatic heterocycles. The molecule has 0 heterocycles. The summed E-state index contributed by atoms with van der Waals surface area (Å²) in [6.07, 6.45) is 5.58. The van der Waals surface area contributed by atoms with Gasteiger partial charge in [0.05, 0.1) is 0 Å². The average Bonchev–Trinajstić information content (AvgIpc) is 2.12. The van der Waals surface area contributed by atoms with E-state index in [0.29, 0.717) is 5.78 Å². The first-order valence-electron chi connectivity index (χ1n) is 5.70. The third kappa shape index (κ3) is 1.66. The molecule has 0 aromatic heterocycles. The molecule has 4 atom stereocenters. The molecule has 2 saturated carbocycles. The van der Waals surface area contributed by atoms with Crippen LogP contribution in [0.5, 0.6) is 0 Å². The van der Waals surface area contributed by atoms with Gasteiger partial charge in [-0.2, -0.15) is 0 Å². The van der Waals surface area contributed by atoms with Crippen molar-refractivity contribution in [2.45, 2.75) is 46.0 Å². The minimum absolute atomic E-state index is 0.517. The Morgan fingerprint density at radius 2 is 1.92 bits per heavy atom. The van der Waals surface area contributed by atoms with Crippen LogP contribution in [0.15, 0.2) is 0 Å². The third-order valence-electron chi connectivity index (χ3n) is 4.42. The first-order chi connectivity index (χ1) is 6.18. The van der Waals surface area contributed by atoms with E-state index in [0.717, 1.165) is 36.5 Å². The molecule has 2 aliphatic rings. The van der Waals surface area contributed by atoms with Gasteiger partial charge in [-0.15, -0.1) is 0 Å². The third-order valence-corrected chi connectivity index (χ3v) is 4.42. The van der Waals surface area contributed by atoms with Crippen LogP contribution in [0.1, 0.15) is 46.0 Å². The fourth-order valence-electron chi connectivity index (χ4n) is 3.28. The Labute approximate surface area is 80.9 Å². The molecule has 2 aliphatic carbocycles. The molecule has 0 aromatic rings. The second-order valence-electron chi connectivity index (χ2n) is 5.12. The Morgan fingerprint density at radius 1 is 1.15 bits per heavy atom. The quantitative estimate of drug-likeness (QED) is 0.560. The lowest BCUT2D eigenvalue weighted by molar-refractivity contribution is -0.124. The number of hydrogen-bond acceptors (Lipinski definition) is 1. The molecule has 0 N–H and O–H groups in total. The van der Waals surface area contributed by atoms with Crippen molar-refractivity contribution in [1.82, 2.24) is 0 Å². The Balaban J connectivity index is 2.06. The summed E-state index contributed by atoms with van der Waals surface area (Å²) in [5, 5.41) is 0. The normalized spacial score (nSPS) is 45.8. The summed E-state index contributed by atoms with van der Waals surface area (Å²) in [5.74, 6) is 3.86. The van der Waals surface area contributed by atoms with Crippen molar-refractivity contribution in [1.29, 1.82) is 0 Å². The van der Waals surface area contributed by atoms with Gasteiger partial charge in [-0.3, -0.25) is 4.79 Å². The highest BCUT2D eigenvalue weighted by atomic mass is 16.1. The lowest BCUT2D eigenvalue weighted by atomic mass is 9.62. The van der Waals surface area contributed by atoms with Crippen molar-refractivity contribution in [3.63, 3.8) is 0 Å². The van der Waals surface area contributed by atoms with Crippen molar-refractivity contribution < 1.29 is 4.79 Å². The van der Waals surface area contributed by atoms with Crippen molar-refractivity contribution in [3.8, 4) is 0 Å². The number of rotatable bonds is 0. The summed E-state index contributed by atoms with van der Waals surface area (Å²) in [6, 6.07) is 0. The van der Waals surface area contributed by atoms with Crippen molar-refractivity contribution in [3.05, 3.63) is 0 Å². The highest BCUT2D eigenvalue weighted by Crippen LogP contribution is 2.44. The van der Waals surface area contributed by atoms with Crippen LogP contribution in [0.25, 0.3) is 0 Å². The zero-order valence-corrected chi connectivity index (χ0v) is 8.75. The number of fused-ring (bicyclic) bond motifs is 1. The second kappa shape index (κ2) is 3.43. The number of hydrogen-bond donors (Lipinski definition) is 0. The van der Waals surface area contributed by atoms with Crippen molar-refractivity contribution >= 4 is 5.78 Å². The zero-order valence-electron chi connectivity index (χ0n) is 8.75. The van der Waals surface area contributed by atoms with Gasteiger partial charge in [-0.1, -0.05) is 20.3 Å². The van der Waals surface area contributed by atoms with Crippen LogP contribution in [0.3, 0.4) is 0 Å². The van der Waals surface area contributed by atoms with Crippen LogP contribution < -0.4 is 0 Å². The molecule has 0 aromatic carbocycles. The van der Waals surface area contributed by atoms with Crippen LogP contribution in [-0.2, 0) is 4.79 Å².